The number of rotatable bonds is 3. The highest BCUT2D eigenvalue weighted by Gasteiger charge is 2.25. The number of methoxy groups -OCH3 is 1. The molecule has 2 rings (SSSR count). The van der Waals surface area contributed by atoms with Gasteiger partial charge in [0, 0.05) is 11.8 Å². The molecule has 0 amide bonds. The van der Waals surface area contributed by atoms with Crippen molar-refractivity contribution in [2.75, 3.05) is 7.11 Å². The summed E-state index contributed by atoms with van der Waals surface area (Å²) in [7, 11) is 1.62. The van der Waals surface area contributed by atoms with Crippen molar-refractivity contribution in [3.63, 3.8) is 0 Å². The molecule has 1 saturated carbocycles. The lowest BCUT2D eigenvalue weighted by atomic mass is 9.99. The lowest BCUT2D eigenvalue weighted by Crippen LogP contribution is -2.16. The maximum atomic E-state index is 9.72. The van der Waals surface area contributed by atoms with Gasteiger partial charge >= 0.3 is 0 Å². The van der Waals surface area contributed by atoms with Gasteiger partial charge in [-0.05, 0) is 31.2 Å². The lowest BCUT2D eigenvalue weighted by Gasteiger charge is -2.13. The maximum absolute atomic E-state index is 9.72. The van der Waals surface area contributed by atoms with Gasteiger partial charge in [0.25, 0.3) is 0 Å². The van der Waals surface area contributed by atoms with E-state index in [1.807, 2.05) is 18.2 Å². The van der Waals surface area contributed by atoms with E-state index in [4.69, 9.17) is 4.74 Å². The van der Waals surface area contributed by atoms with Crippen LogP contribution in [0.4, 0.5) is 0 Å². The van der Waals surface area contributed by atoms with Crippen molar-refractivity contribution in [1.29, 1.82) is 0 Å². The molecule has 1 fully saturated rings. The molecule has 0 spiro atoms. The van der Waals surface area contributed by atoms with Crippen LogP contribution in [0, 0.1) is 5.92 Å². The largest absolute Gasteiger partial charge is 0.481 e. The second-order valence-corrected chi connectivity index (χ2v) is 4.13. The molecule has 0 aromatic carbocycles. The summed E-state index contributed by atoms with van der Waals surface area (Å²) in [5.41, 5.74) is 1.01. The van der Waals surface area contributed by atoms with Crippen molar-refractivity contribution in [3.8, 4) is 5.88 Å². The molecule has 1 aromatic rings. The Morgan fingerprint density at radius 2 is 2.33 bits per heavy atom. The van der Waals surface area contributed by atoms with Crippen LogP contribution in [0.5, 0.6) is 5.88 Å². The summed E-state index contributed by atoms with van der Waals surface area (Å²) in [6.07, 6.45) is 3.90. The van der Waals surface area contributed by atoms with E-state index >= 15 is 0 Å². The van der Waals surface area contributed by atoms with Crippen LogP contribution in [0.25, 0.3) is 0 Å². The predicted octanol–water partition coefficient (Wildman–Crippen LogP) is 1.79. The summed E-state index contributed by atoms with van der Waals surface area (Å²) in [5, 5.41) is 9.72. The highest BCUT2D eigenvalue weighted by Crippen LogP contribution is 2.28. The summed E-state index contributed by atoms with van der Waals surface area (Å²) in [6.45, 7) is 0. The van der Waals surface area contributed by atoms with Gasteiger partial charge in [0.2, 0.25) is 5.88 Å². The van der Waals surface area contributed by atoms with Gasteiger partial charge < -0.3 is 9.84 Å². The summed E-state index contributed by atoms with van der Waals surface area (Å²) in [4.78, 5) is 4.36. The van der Waals surface area contributed by atoms with Crippen molar-refractivity contribution >= 4 is 0 Å². The van der Waals surface area contributed by atoms with Gasteiger partial charge in [0.05, 0.1) is 13.2 Å². The van der Waals surface area contributed by atoms with E-state index in [0.29, 0.717) is 11.8 Å². The first kappa shape index (κ1) is 10.4. The van der Waals surface area contributed by atoms with Gasteiger partial charge in [-0.1, -0.05) is 12.5 Å². The standard InChI is InChI=1S/C12H17NO2/c1-15-12-7-3-5-10(13-12)8-9-4-2-6-11(9)14/h3,5,7,9,11,14H,2,4,6,8H2,1H3. The Hall–Kier alpha value is -1.09. The Kier molecular flexibility index (Phi) is 3.21. The summed E-state index contributed by atoms with van der Waals surface area (Å²) >= 11 is 0. The molecular formula is C12H17NO2. The highest BCUT2D eigenvalue weighted by atomic mass is 16.5. The van der Waals surface area contributed by atoms with E-state index in [9.17, 15) is 5.11 Å². The molecule has 2 unspecified atom stereocenters. The van der Waals surface area contributed by atoms with Gasteiger partial charge in [0.1, 0.15) is 0 Å². The van der Waals surface area contributed by atoms with Gasteiger partial charge in [-0.3, -0.25) is 0 Å². The average molecular weight is 207 g/mol. The van der Waals surface area contributed by atoms with Crippen molar-refractivity contribution in [1.82, 2.24) is 4.98 Å². The monoisotopic (exact) mass is 207 g/mol. The molecule has 3 nitrogen and oxygen atoms in total. The number of nitrogens with zero attached hydrogens (tertiary/aromatic N) is 1. The molecule has 1 heterocycles. The fourth-order valence-electron chi connectivity index (χ4n) is 2.21. The minimum absolute atomic E-state index is 0.141. The molecular weight excluding hydrogens is 190 g/mol. The quantitative estimate of drug-likeness (QED) is 0.821. The van der Waals surface area contributed by atoms with Crippen molar-refractivity contribution < 1.29 is 9.84 Å². The summed E-state index contributed by atoms with van der Waals surface area (Å²) in [5.74, 6) is 1.03. The normalized spacial score (nSPS) is 25.5. The average Bonchev–Trinajstić information content (AvgIpc) is 2.65. The molecule has 1 aliphatic carbocycles. The first-order chi connectivity index (χ1) is 7.29. The van der Waals surface area contributed by atoms with Crippen LogP contribution in [0.1, 0.15) is 25.0 Å². The van der Waals surface area contributed by atoms with E-state index in [2.05, 4.69) is 4.98 Å². The van der Waals surface area contributed by atoms with Crippen LogP contribution in [0.3, 0.4) is 0 Å². The molecule has 0 aliphatic heterocycles. The number of hydrogen-bond donors (Lipinski definition) is 1. The van der Waals surface area contributed by atoms with E-state index in [1.54, 1.807) is 7.11 Å². The SMILES string of the molecule is COc1cccc(CC2CCCC2O)n1. The van der Waals surface area contributed by atoms with Gasteiger partial charge in [-0.2, -0.15) is 0 Å². The van der Waals surface area contributed by atoms with E-state index in [1.165, 1.54) is 0 Å². The minimum Gasteiger partial charge on any atom is -0.481 e. The number of aliphatic hydroxyl groups is 1. The first-order valence-corrected chi connectivity index (χ1v) is 5.47. The zero-order chi connectivity index (χ0) is 10.7. The van der Waals surface area contributed by atoms with Crippen LogP contribution < -0.4 is 4.74 Å². The molecule has 1 aliphatic rings. The van der Waals surface area contributed by atoms with Crippen molar-refractivity contribution in [2.45, 2.75) is 31.8 Å². The number of hydrogen-bond acceptors (Lipinski definition) is 3. The third-order valence-corrected chi connectivity index (χ3v) is 3.08. The molecule has 0 saturated heterocycles. The third kappa shape index (κ3) is 2.48. The fourth-order valence-corrected chi connectivity index (χ4v) is 2.21. The number of aliphatic hydroxyl groups excluding tert-OH is 1. The minimum atomic E-state index is -0.141. The smallest absolute Gasteiger partial charge is 0.213 e. The van der Waals surface area contributed by atoms with Crippen molar-refractivity contribution in [2.24, 2.45) is 5.92 Å². The molecule has 1 aromatic heterocycles. The Balaban J connectivity index is 2.03. The Morgan fingerprint density at radius 3 is 3.00 bits per heavy atom. The summed E-state index contributed by atoms with van der Waals surface area (Å²) in [6, 6.07) is 5.78. The molecule has 82 valence electrons. The topological polar surface area (TPSA) is 42.4 Å². The lowest BCUT2D eigenvalue weighted by molar-refractivity contribution is 0.132. The second kappa shape index (κ2) is 4.62. The van der Waals surface area contributed by atoms with Crippen LogP contribution in [-0.4, -0.2) is 23.3 Å². The molecule has 0 bridgehead atoms. The van der Waals surface area contributed by atoms with E-state index < -0.39 is 0 Å². The zero-order valence-electron chi connectivity index (χ0n) is 9.02. The third-order valence-electron chi connectivity index (χ3n) is 3.08. The number of pyridine rings is 1. The van der Waals surface area contributed by atoms with Crippen LogP contribution in [0.2, 0.25) is 0 Å². The van der Waals surface area contributed by atoms with Gasteiger partial charge in [0.15, 0.2) is 0 Å². The van der Waals surface area contributed by atoms with Crippen LogP contribution >= 0.6 is 0 Å². The highest BCUT2D eigenvalue weighted by molar-refractivity contribution is 5.16. The molecule has 0 radical (unpaired) electrons. The zero-order valence-corrected chi connectivity index (χ0v) is 9.02. The van der Waals surface area contributed by atoms with Gasteiger partial charge in [-0.15, -0.1) is 0 Å². The van der Waals surface area contributed by atoms with Crippen LogP contribution in [-0.2, 0) is 6.42 Å². The number of ether oxygens (including phenoxy) is 1. The van der Waals surface area contributed by atoms with E-state index in [-0.39, 0.29) is 6.10 Å². The Bertz CT molecular complexity index is 327. The Labute approximate surface area is 90.1 Å². The summed E-state index contributed by atoms with van der Waals surface area (Å²) < 4.78 is 5.07. The number of aromatic nitrogens is 1. The molecule has 1 N–H and O–H groups in total. The van der Waals surface area contributed by atoms with Crippen LogP contribution in [0.15, 0.2) is 18.2 Å². The predicted molar refractivity (Wildman–Crippen MR) is 57.8 cm³/mol. The first-order valence-electron chi connectivity index (χ1n) is 5.47. The second-order valence-electron chi connectivity index (χ2n) is 4.13. The maximum Gasteiger partial charge on any atom is 0.213 e. The molecule has 2 atom stereocenters. The van der Waals surface area contributed by atoms with Gasteiger partial charge in [-0.25, -0.2) is 4.98 Å². The molecule has 15 heavy (non-hydrogen) atoms. The van der Waals surface area contributed by atoms with E-state index in [0.717, 1.165) is 31.4 Å². The van der Waals surface area contributed by atoms with Crippen molar-refractivity contribution in [3.05, 3.63) is 23.9 Å². The fraction of sp³-hybridized carbons (Fsp3) is 0.583. The Morgan fingerprint density at radius 1 is 1.47 bits per heavy atom. The molecule has 3 heteroatoms.